The summed E-state index contributed by atoms with van der Waals surface area (Å²) in [4.78, 5) is 15.4. The quantitative estimate of drug-likeness (QED) is 0.192. The Morgan fingerprint density at radius 1 is 0.480 bits per heavy atom. The molecule has 236 valence electrons. The predicted molar refractivity (Wildman–Crippen MR) is 200 cm³/mol. The third-order valence-corrected chi connectivity index (χ3v) is 10.3. The van der Waals surface area contributed by atoms with Crippen LogP contribution in [0, 0.1) is 0 Å². The highest BCUT2D eigenvalue weighted by Gasteiger charge is 2.52. The third kappa shape index (κ3) is 4.28. The van der Waals surface area contributed by atoms with Gasteiger partial charge in [-0.3, -0.25) is 0 Å². The lowest BCUT2D eigenvalue weighted by Gasteiger charge is -2.41. The second-order valence-electron chi connectivity index (χ2n) is 13.0. The summed E-state index contributed by atoms with van der Waals surface area (Å²) in [6.07, 6.45) is 6.73. The number of hydrogen-bond donors (Lipinski definition) is 0. The van der Waals surface area contributed by atoms with E-state index in [0.29, 0.717) is 17.5 Å². The molecule has 7 aromatic rings. The number of para-hydroxylation sites is 2. The molecule has 2 aliphatic carbocycles. The number of aromatic nitrogens is 3. The minimum Gasteiger partial charge on any atom is -0.456 e. The van der Waals surface area contributed by atoms with Gasteiger partial charge in [0, 0.05) is 22.3 Å². The van der Waals surface area contributed by atoms with Gasteiger partial charge in [-0.1, -0.05) is 146 Å². The molecular weight excluding hydrogens is 611 g/mol. The predicted octanol–water partition coefficient (Wildman–Crippen LogP) is 11.1. The number of fused-ring (bicyclic) bond motifs is 8. The lowest BCUT2D eigenvalue weighted by atomic mass is 9.64. The first-order valence-electron chi connectivity index (χ1n) is 17.2. The first-order chi connectivity index (χ1) is 24.8. The van der Waals surface area contributed by atoms with Gasteiger partial charge in [-0.05, 0) is 64.4 Å². The maximum atomic E-state index is 6.97. The van der Waals surface area contributed by atoms with Crippen molar-refractivity contribution in [2.24, 2.45) is 0 Å². The smallest absolute Gasteiger partial charge is 0.167 e. The van der Waals surface area contributed by atoms with E-state index in [1.807, 2.05) is 36.4 Å². The van der Waals surface area contributed by atoms with Crippen molar-refractivity contribution in [2.45, 2.75) is 18.3 Å². The number of nitrogens with zero attached hydrogens (tertiary/aromatic N) is 3. The maximum absolute atomic E-state index is 6.97. The van der Waals surface area contributed by atoms with Crippen LogP contribution in [0.4, 0.5) is 0 Å². The number of benzene rings is 6. The molecule has 10 rings (SSSR count). The standard InChI is InChI=1S/C46H31N3O/c1-3-15-30(16-4-1)32-19-13-20-33(29-32)44-47-43(31-17-5-2-6-18-31)48-45(49-44)36-23-14-27-40-42(36)50-41-28-12-11-26-39(41)46(40)37-24-9-7-21-34(37)35-22-8-10-25-38(35)46/h1-7,9-21,23-29H,8,22H2. The molecule has 0 saturated carbocycles. The average Bonchev–Trinajstić information content (AvgIpc) is 3.49. The molecule has 1 aromatic heterocycles. The Labute approximate surface area is 291 Å². The molecule has 0 saturated heterocycles. The molecule has 4 nitrogen and oxygen atoms in total. The number of allylic oxidation sites excluding steroid dienone is 4. The van der Waals surface area contributed by atoms with E-state index < -0.39 is 5.41 Å². The van der Waals surface area contributed by atoms with Crippen molar-refractivity contribution in [1.82, 2.24) is 15.0 Å². The Morgan fingerprint density at radius 3 is 1.92 bits per heavy atom. The lowest BCUT2D eigenvalue weighted by Crippen LogP contribution is -2.33. The largest absolute Gasteiger partial charge is 0.456 e. The molecule has 0 N–H and O–H groups in total. The second-order valence-corrected chi connectivity index (χ2v) is 13.0. The lowest BCUT2D eigenvalue weighted by molar-refractivity contribution is 0.437. The summed E-state index contributed by atoms with van der Waals surface area (Å²) in [6, 6.07) is 52.8. The Hall–Kier alpha value is -6.39. The Bertz CT molecular complexity index is 2520. The van der Waals surface area contributed by atoms with Gasteiger partial charge in [0.2, 0.25) is 0 Å². The zero-order valence-electron chi connectivity index (χ0n) is 27.3. The molecular formula is C46H31N3O. The summed E-state index contributed by atoms with van der Waals surface area (Å²) < 4.78 is 6.97. The minimum absolute atomic E-state index is 0.523. The molecule has 1 unspecified atom stereocenters. The average molecular weight is 642 g/mol. The van der Waals surface area contributed by atoms with E-state index in [0.717, 1.165) is 63.3 Å². The molecule has 50 heavy (non-hydrogen) atoms. The van der Waals surface area contributed by atoms with Crippen molar-refractivity contribution in [1.29, 1.82) is 0 Å². The van der Waals surface area contributed by atoms with Gasteiger partial charge in [0.05, 0.1) is 11.0 Å². The molecule has 1 spiro atoms. The fourth-order valence-corrected chi connectivity index (χ4v) is 8.14. The fraction of sp³-hybridized carbons (Fsp3) is 0.0652. The number of hydrogen-bond acceptors (Lipinski definition) is 4. The fourth-order valence-electron chi connectivity index (χ4n) is 8.14. The highest BCUT2D eigenvalue weighted by atomic mass is 16.5. The molecule has 4 heteroatoms. The zero-order valence-corrected chi connectivity index (χ0v) is 27.3. The molecule has 6 aromatic carbocycles. The Balaban J connectivity index is 1.23. The van der Waals surface area contributed by atoms with Gasteiger partial charge in [-0.2, -0.15) is 0 Å². The van der Waals surface area contributed by atoms with Gasteiger partial charge in [-0.15, -0.1) is 0 Å². The van der Waals surface area contributed by atoms with Crippen molar-refractivity contribution in [3.05, 3.63) is 192 Å². The van der Waals surface area contributed by atoms with Gasteiger partial charge in [0.1, 0.15) is 11.5 Å². The summed E-state index contributed by atoms with van der Waals surface area (Å²) in [5.74, 6) is 3.43. The molecule has 3 aliphatic rings. The maximum Gasteiger partial charge on any atom is 0.167 e. The summed E-state index contributed by atoms with van der Waals surface area (Å²) in [5, 5.41) is 0. The molecule has 0 amide bonds. The monoisotopic (exact) mass is 641 g/mol. The number of ether oxygens (including phenoxy) is 1. The van der Waals surface area contributed by atoms with E-state index in [4.69, 9.17) is 19.7 Å². The van der Waals surface area contributed by atoms with Crippen LogP contribution in [0.2, 0.25) is 0 Å². The topological polar surface area (TPSA) is 47.9 Å². The minimum atomic E-state index is -0.523. The van der Waals surface area contributed by atoms with Crippen LogP contribution in [0.5, 0.6) is 11.5 Å². The molecule has 1 atom stereocenters. The van der Waals surface area contributed by atoms with Crippen LogP contribution in [-0.4, -0.2) is 15.0 Å². The van der Waals surface area contributed by atoms with Crippen LogP contribution in [0.15, 0.2) is 169 Å². The summed E-state index contributed by atoms with van der Waals surface area (Å²) in [5.41, 5.74) is 12.0. The van der Waals surface area contributed by atoms with E-state index in [1.165, 1.54) is 22.3 Å². The van der Waals surface area contributed by atoms with Crippen LogP contribution in [0.3, 0.4) is 0 Å². The Morgan fingerprint density at radius 2 is 1.08 bits per heavy atom. The van der Waals surface area contributed by atoms with E-state index in [-0.39, 0.29) is 0 Å². The van der Waals surface area contributed by atoms with Gasteiger partial charge in [0.15, 0.2) is 17.5 Å². The summed E-state index contributed by atoms with van der Waals surface area (Å²) in [6.45, 7) is 0. The van der Waals surface area contributed by atoms with Crippen LogP contribution < -0.4 is 4.74 Å². The van der Waals surface area contributed by atoms with E-state index in [2.05, 4.69) is 127 Å². The Kier molecular flexibility index (Phi) is 6.50. The molecule has 0 fully saturated rings. The number of rotatable bonds is 4. The van der Waals surface area contributed by atoms with Crippen LogP contribution in [-0.2, 0) is 5.41 Å². The molecule has 2 heterocycles. The SMILES string of the molecule is C1=CC2=C(CC1)c1ccccc1C21c2ccccc2Oc2c(-c3nc(-c4ccccc4)nc(-c4cccc(-c5ccccc5)c4)n3)cccc21. The van der Waals surface area contributed by atoms with Gasteiger partial charge in [-0.25, -0.2) is 15.0 Å². The van der Waals surface area contributed by atoms with Crippen molar-refractivity contribution in [2.75, 3.05) is 0 Å². The van der Waals surface area contributed by atoms with Gasteiger partial charge >= 0.3 is 0 Å². The van der Waals surface area contributed by atoms with Gasteiger partial charge < -0.3 is 4.74 Å². The second kappa shape index (κ2) is 11.4. The van der Waals surface area contributed by atoms with Crippen molar-refractivity contribution in [3.8, 4) is 56.8 Å². The van der Waals surface area contributed by atoms with E-state index in [1.54, 1.807) is 0 Å². The first-order valence-corrected chi connectivity index (χ1v) is 17.2. The summed E-state index contributed by atoms with van der Waals surface area (Å²) in [7, 11) is 0. The third-order valence-electron chi connectivity index (χ3n) is 10.3. The highest BCUT2D eigenvalue weighted by Crippen LogP contribution is 2.63. The van der Waals surface area contributed by atoms with Gasteiger partial charge in [0.25, 0.3) is 0 Å². The first kappa shape index (κ1) is 28.6. The molecule has 1 aliphatic heterocycles. The van der Waals surface area contributed by atoms with Crippen molar-refractivity contribution in [3.63, 3.8) is 0 Å². The van der Waals surface area contributed by atoms with Crippen LogP contribution >= 0.6 is 0 Å². The normalized spacial score (nSPS) is 16.7. The summed E-state index contributed by atoms with van der Waals surface area (Å²) >= 11 is 0. The van der Waals surface area contributed by atoms with Crippen LogP contribution in [0.1, 0.15) is 35.1 Å². The van der Waals surface area contributed by atoms with Crippen molar-refractivity contribution < 1.29 is 4.74 Å². The molecule has 0 radical (unpaired) electrons. The van der Waals surface area contributed by atoms with Crippen molar-refractivity contribution >= 4 is 5.57 Å². The highest BCUT2D eigenvalue weighted by molar-refractivity contribution is 5.91. The van der Waals surface area contributed by atoms with E-state index in [9.17, 15) is 0 Å². The van der Waals surface area contributed by atoms with E-state index >= 15 is 0 Å². The zero-order chi connectivity index (χ0) is 33.1. The molecule has 0 bridgehead atoms. The van der Waals surface area contributed by atoms with Crippen LogP contribution in [0.25, 0.3) is 50.9 Å².